The third kappa shape index (κ3) is 2.62. The molecule has 0 amide bonds. The van der Waals surface area contributed by atoms with E-state index in [2.05, 4.69) is 0 Å². The Morgan fingerprint density at radius 2 is 1.78 bits per heavy atom. The van der Waals surface area contributed by atoms with Crippen LogP contribution in [0.2, 0.25) is 0 Å². The van der Waals surface area contributed by atoms with Crippen LogP contribution in [0.3, 0.4) is 0 Å². The SMILES string of the molecule is C/C=C1\OC(C)(C)OC(=O)\C1=C\c1ccccc1. The van der Waals surface area contributed by atoms with Crippen LogP contribution in [0.1, 0.15) is 26.3 Å². The summed E-state index contributed by atoms with van der Waals surface area (Å²) in [7, 11) is 0. The second-order valence-electron chi connectivity index (χ2n) is 4.51. The lowest BCUT2D eigenvalue weighted by Crippen LogP contribution is -2.37. The van der Waals surface area contributed by atoms with E-state index < -0.39 is 5.79 Å². The summed E-state index contributed by atoms with van der Waals surface area (Å²) in [6.45, 7) is 5.27. The fourth-order valence-corrected chi connectivity index (χ4v) is 1.78. The van der Waals surface area contributed by atoms with Gasteiger partial charge >= 0.3 is 5.97 Å². The van der Waals surface area contributed by atoms with Crippen LogP contribution in [0.4, 0.5) is 0 Å². The molecule has 0 bridgehead atoms. The standard InChI is InChI=1S/C15H16O3/c1-4-13-12(10-11-8-6-5-7-9-11)14(16)18-15(2,3)17-13/h4-10H,1-3H3/b12-10+,13-4-. The molecule has 1 aromatic carbocycles. The van der Waals surface area contributed by atoms with Crippen LogP contribution in [0.5, 0.6) is 0 Å². The van der Waals surface area contributed by atoms with Gasteiger partial charge in [-0.2, -0.15) is 0 Å². The van der Waals surface area contributed by atoms with Crippen molar-refractivity contribution in [2.24, 2.45) is 0 Å². The number of rotatable bonds is 1. The number of carbonyl (C=O) groups is 1. The van der Waals surface area contributed by atoms with E-state index in [1.165, 1.54) is 0 Å². The maximum Gasteiger partial charge on any atom is 0.345 e. The highest BCUT2D eigenvalue weighted by Gasteiger charge is 2.35. The molecule has 1 saturated heterocycles. The predicted molar refractivity (Wildman–Crippen MR) is 69.4 cm³/mol. The minimum Gasteiger partial charge on any atom is -0.452 e. The Hall–Kier alpha value is -2.03. The van der Waals surface area contributed by atoms with Gasteiger partial charge in [-0.05, 0) is 24.6 Å². The van der Waals surface area contributed by atoms with E-state index in [0.29, 0.717) is 11.3 Å². The lowest BCUT2D eigenvalue weighted by Gasteiger charge is -2.33. The Kier molecular flexibility index (Phi) is 3.24. The molecule has 0 N–H and O–H groups in total. The van der Waals surface area contributed by atoms with Crippen LogP contribution < -0.4 is 0 Å². The zero-order valence-electron chi connectivity index (χ0n) is 10.8. The molecule has 3 nitrogen and oxygen atoms in total. The Morgan fingerprint density at radius 3 is 2.39 bits per heavy atom. The minimum atomic E-state index is -0.910. The first-order valence-electron chi connectivity index (χ1n) is 5.87. The summed E-state index contributed by atoms with van der Waals surface area (Å²) in [4.78, 5) is 12.0. The second-order valence-corrected chi connectivity index (χ2v) is 4.51. The summed E-state index contributed by atoms with van der Waals surface area (Å²) in [5.74, 6) is -0.712. The highest BCUT2D eigenvalue weighted by molar-refractivity contribution is 5.98. The van der Waals surface area contributed by atoms with Gasteiger partial charge in [-0.1, -0.05) is 30.3 Å². The summed E-state index contributed by atoms with van der Waals surface area (Å²) < 4.78 is 10.8. The summed E-state index contributed by atoms with van der Waals surface area (Å²) in [5.41, 5.74) is 1.38. The molecule has 0 spiro atoms. The van der Waals surface area contributed by atoms with Crippen LogP contribution in [-0.4, -0.2) is 11.8 Å². The van der Waals surface area contributed by atoms with Crippen LogP contribution in [-0.2, 0) is 14.3 Å². The van der Waals surface area contributed by atoms with Gasteiger partial charge in [-0.15, -0.1) is 0 Å². The van der Waals surface area contributed by atoms with Gasteiger partial charge in [0.1, 0.15) is 11.3 Å². The monoisotopic (exact) mass is 244 g/mol. The van der Waals surface area contributed by atoms with Crippen molar-refractivity contribution in [2.75, 3.05) is 0 Å². The van der Waals surface area contributed by atoms with Gasteiger partial charge in [0, 0.05) is 13.8 Å². The number of cyclic esters (lactones) is 1. The Morgan fingerprint density at radius 1 is 1.11 bits per heavy atom. The lowest BCUT2D eigenvalue weighted by molar-refractivity contribution is -0.208. The maximum atomic E-state index is 12.0. The fourth-order valence-electron chi connectivity index (χ4n) is 1.78. The minimum absolute atomic E-state index is 0.358. The van der Waals surface area contributed by atoms with Gasteiger partial charge in [-0.25, -0.2) is 4.79 Å². The second kappa shape index (κ2) is 4.69. The molecule has 18 heavy (non-hydrogen) atoms. The van der Waals surface area contributed by atoms with Gasteiger partial charge in [0.25, 0.3) is 0 Å². The molecule has 0 radical (unpaired) electrons. The molecule has 0 aromatic heterocycles. The van der Waals surface area contributed by atoms with Crippen molar-refractivity contribution in [3.63, 3.8) is 0 Å². The van der Waals surface area contributed by atoms with E-state index in [9.17, 15) is 4.79 Å². The summed E-state index contributed by atoms with van der Waals surface area (Å²) in [5, 5.41) is 0. The Bertz CT molecular complexity index is 510. The van der Waals surface area contributed by atoms with Crippen molar-refractivity contribution in [3.8, 4) is 0 Å². The molecule has 1 aromatic rings. The molecule has 0 atom stereocenters. The average Bonchev–Trinajstić information content (AvgIpc) is 2.33. The van der Waals surface area contributed by atoms with Crippen LogP contribution in [0.15, 0.2) is 47.7 Å². The van der Waals surface area contributed by atoms with Crippen molar-refractivity contribution in [1.29, 1.82) is 0 Å². The van der Waals surface area contributed by atoms with Crippen molar-refractivity contribution < 1.29 is 14.3 Å². The van der Waals surface area contributed by atoms with Gasteiger partial charge in [0.2, 0.25) is 5.79 Å². The number of hydrogen-bond donors (Lipinski definition) is 0. The molecule has 0 saturated carbocycles. The van der Waals surface area contributed by atoms with Crippen molar-refractivity contribution in [3.05, 3.63) is 53.3 Å². The number of allylic oxidation sites excluding steroid dienone is 1. The van der Waals surface area contributed by atoms with E-state index in [1.807, 2.05) is 37.3 Å². The molecule has 0 unspecified atom stereocenters. The van der Waals surface area contributed by atoms with E-state index in [1.54, 1.807) is 26.0 Å². The van der Waals surface area contributed by atoms with E-state index >= 15 is 0 Å². The van der Waals surface area contributed by atoms with E-state index in [0.717, 1.165) is 5.56 Å². The van der Waals surface area contributed by atoms with Crippen molar-refractivity contribution in [1.82, 2.24) is 0 Å². The summed E-state index contributed by atoms with van der Waals surface area (Å²) in [6.07, 6.45) is 3.55. The maximum absolute atomic E-state index is 12.0. The number of carbonyl (C=O) groups excluding carboxylic acids is 1. The lowest BCUT2D eigenvalue weighted by atomic mass is 10.1. The first-order valence-corrected chi connectivity index (χ1v) is 5.87. The average molecular weight is 244 g/mol. The molecule has 94 valence electrons. The molecule has 0 aliphatic carbocycles. The molecular formula is C15H16O3. The van der Waals surface area contributed by atoms with Gasteiger partial charge in [-0.3, -0.25) is 0 Å². The summed E-state index contributed by atoms with van der Waals surface area (Å²) in [6, 6.07) is 9.61. The van der Waals surface area contributed by atoms with Gasteiger partial charge in [0.05, 0.1) is 0 Å². The highest BCUT2D eigenvalue weighted by atomic mass is 16.7. The highest BCUT2D eigenvalue weighted by Crippen LogP contribution is 2.30. The molecule has 3 heteroatoms. The molecule has 1 fully saturated rings. The van der Waals surface area contributed by atoms with Crippen LogP contribution >= 0.6 is 0 Å². The Balaban J connectivity index is 2.38. The largest absolute Gasteiger partial charge is 0.452 e. The van der Waals surface area contributed by atoms with Crippen LogP contribution in [0.25, 0.3) is 6.08 Å². The topological polar surface area (TPSA) is 35.5 Å². The van der Waals surface area contributed by atoms with Crippen molar-refractivity contribution >= 4 is 12.0 Å². The number of benzene rings is 1. The third-order valence-corrected chi connectivity index (χ3v) is 2.55. The summed E-state index contributed by atoms with van der Waals surface area (Å²) >= 11 is 0. The predicted octanol–water partition coefficient (Wildman–Crippen LogP) is 3.28. The first kappa shape index (κ1) is 12.4. The molecule has 1 aliphatic heterocycles. The number of hydrogen-bond acceptors (Lipinski definition) is 3. The molecule has 1 aliphatic rings. The van der Waals surface area contributed by atoms with Crippen LogP contribution in [0, 0.1) is 0 Å². The third-order valence-electron chi connectivity index (χ3n) is 2.55. The smallest absolute Gasteiger partial charge is 0.345 e. The molecular weight excluding hydrogens is 228 g/mol. The zero-order valence-corrected chi connectivity index (χ0v) is 10.8. The normalized spacial score (nSPS) is 22.7. The van der Waals surface area contributed by atoms with E-state index in [-0.39, 0.29) is 5.97 Å². The number of ether oxygens (including phenoxy) is 2. The zero-order chi connectivity index (χ0) is 13.2. The van der Waals surface area contributed by atoms with Gasteiger partial charge < -0.3 is 9.47 Å². The first-order chi connectivity index (χ1) is 8.52. The van der Waals surface area contributed by atoms with E-state index in [4.69, 9.17) is 9.47 Å². The fraction of sp³-hybridized carbons (Fsp3) is 0.267. The number of esters is 1. The quantitative estimate of drug-likeness (QED) is 0.561. The van der Waals surface area contributed by atoms with Gasteiger partial charge in [0.15, 0.2) is 0 Å². The Labute approximate surface area is 107 Å². The van der Waals surface area contributed by atoms with Crippen molar-refractivity contribution in [2.45, 2.75) is 26.6 Å². The molecule has 1 heterocycles. The molecule has 2 rings (SSSR count).